The number of nitrogens with zero attached hydrogens (tertiary/aromatic N) is 3. The molecule has 1 saturated heterocycles. The molecule has 2 aromatic carbocycles. The highest BCUT2D eigenvalue weighted by molar-refractivity contribution is 5.94. The molecule has 1 aliphatic heterocycles. The monoisotopic (exact) mass is 449 g/mol. The predicted octanol–water partition coefficient (Wildman–Crippen LogP) is 4.59. The van der Waals surface area contributed by atoms with E-state index in [0.29, 0.717) is 6.54 Å². The second-order valence-electron chi connectivity index (χ2n) is 8.52. The molecule has 0 aromatic heterocycles. The number of hydrogen-bond acceptors (Lipinski definition) is 3. The average Bonchev–Trinajstić information content (AvgIpc) is 3.39. The van der Waals surface area contributed by atoms with E-state index in [0.717, 1.165) is 49.8 Å². The van der Waals surface area contributed by atoms with Crippen molar-refractivity contribution < 1.29 is 4.79 Å². The summed E-state index contributed by atoms with van der Waals surface area (Å²) in [5.74, 6) is 0.870. The van der Waals surface area contributed by atoms with Crippen LogP contribution in [0.15, 0.2) is 53.5 Å². The van der Waals surface area contributed by atoms with Crippen molar-refractivity contribution in [2.75, 3.05) is 37.6 Å². The van der Waals surface area contributed by atoms with Gasteiger partial charge in [0.15, 0.2) is 5.96 Å². The molecule has 0 aliphatic carbocycles. The van der Waals surface area contributed by atoms with E-state index >= 15 is 0 Å². The fraction of sp³-hybridized carbons (Fsp3) is 0.481. The van der Waals surface area contributed by atoms with Gasteiger partial charge in [-0.05, 0) is 75.9 Å². The van der Waals surface area contributed by atoms with E-state index in [1.807, 2.05) is 43.0 Å². The smallest absolute Gasteiger partial charge is 0.253 e. The van der Waals surface area contributed by atoms with Crippen molar-refractivity contribution in [3.63, 3.8) is 0 Å². The van der Waals surface area contributed by atoms with Crippen LogP contribution in [-0.4, -0.2) is 49.5 Å². The number of amides is 1. The fourth-order valence-electron chi connectivity index (χ4n) is 4.19. The van der Waals surface area contributed by atoms with Crippen molar-refractivity contribution >= 4 is 17.6 Å². The predicted molar refractivity (Wildman–Crippen MR) is 138 cm³/mol. The van der Waals surface area contributed by atoms with Gasteiger partial charge in [-0.25, -0.2) is 4.99 Å². The van der Waals surface area contributed by atoms with E-state index in [-0.39, 0.29) is 11.9 Å². The van der Waals surface area contributed by atoms with E-state index in [1.54, 1.807) is 0 Å². The van der Waals surface area contributed by atoms with E-state index in [1.165, 1.54) is 24.1 Å². The van der Waals surface area contributed by atoms with E-state index in [2.05, 4.69) is 53.6 Å². The van der Waals surface area contributed by atoms with Gasteiger partial charge in [0.2, 0.25) is 0 Å². The van der Waals surface area contributed by atoms with Gasteiger partial charge in [0.25, 0.3) is 5.91 Å². The van der Waals surface area contributed by atoms with Gasteiger partial charge in [-0.2, -0.15) is 0 Å². The third-order valence-corrected chi connectivity index (χ3v) is 6.21. The van der Waals surface area contributed by atoms with Gasteiger partial charge in [-0.3, -0.25) is 4.79 Å². The van der Waals surface area contributed by atoms with Gasteiger partial charge >= 0.3 is 0 Å². The number of benzene rings is 2. The standard InChI is InChI=1S/C27H39N5O/c1-5-28-27(29-20-22-13-15-23(16-14-22)26(33)31(6-2)7-3)30-21(4)24-11-10-12-25(19-24)32-17-8-9-18-32/h10-16,19,21H,5-9,17-18,20H2,1-4H3,(H2,28,29,30). The Kier molecular flexibility index (Phi) is 9.16. The molecule has 1 atom stereocenters. The molecule has 1 heterocycles. The number of rotatable bonds is 9. The second kappa shape index (κ2) is 12.3. The van der Waals surface area contributed by atoms with Gasteiger partial charge in [-0.15, -0.1) is 0 Å². The molecule has 0 spiro atoms. The molecule has 0 radical (unpaired) electrons. The summed E-state index contributed by atoms with van der Waals surface area (Å²) in [5, 5.41) is 6.89. The Hall–Kier alpha value is -3.02. The lowest BCUT2D eigenvalue weighted by molar-refractivity contribution is 0.0773. The van der Waals surface area contributed by atoms with Crippen molar-refractivity contribution in [2.24, 2.45) is 4.99 Å². The lowest BCUT2D eigenvalue weighted by atomic mass is 10.1. The summed E-state index contributed by atoms with van der Waals surface area (Å²) in [4.78, 5) is 21.6. The van der Waals surface area contributed by atoms with Crippen LogP contribution in [-0.2, 0) is 6.54 Å². The molecule has 0 saturated carbocycles. The minimum atomic E-state index is 0.0787. The largest absolute Gasteiger partial charge is 0.372 e. The first-order valence-corrected chi connectivity index (χ1v) is 12.3. The van der Waals surface area contributed by atoms with Crippen LogP contribution in [0.5, 0.6) is 0 Å². The van der Waals surface area contributed by atoms with E-state index in [9.17, 15) is 4.79 Å². The van der Waals surface area contributed by atoms with Crippen molar-refractivity contribution in [2.45, 2.75) is 53.1 Å². The van der Waals surface area contributed by atoms with Crippen LogP contribution in [0.1, 0.15) is 68.1 Å². The molecule has 33 heavy (non-hydrogen) atoms. The maximum Gasteiger partial charge on any atom is 0.253 e. The molecule has 1 unspecified atom stereocenters. The third-order valence-electron chi connectivity index (χ3n) is 6.21. The zero-order valence-electron chi connectivity index (χ0n) is 20.6. The lowest BCUT2D eigenvalue weighted by Gasteiger charge is -2.22. The van der Waals surface area contributed by atoms with Crippen molar-refractivity contribution in [1.29, 1.82) is 0 Å². The molecule has 178 valence electrons. The molecule has 2 aromatic rings. The zero-order chi connectivity index (χ0) is 23.6. The van der Waals surface area contributed by atoms with Gasteiger partial charge < -0.3 is 20.4 Å². The van der Waals surface area contributed by atoms with Gasteiger partial charge in [0, 0.05) is 44.0 Å². The average molecular weight is 450 g/mol. The Bertz CT molecular complexity index is 914. The molecular weight excluding hydrogens is 410 g/mol. The number of carbonyl (C=O) groups excluding carboxylic acids is 1. The molecule has 1 fully saturated rings. The minimum absolute atomic E-state index is 0.0787. The van der Waals surface area contributed by atoms with Crippen molar-refractivity contribution in [3.8, 4) is 0 Å². The summed E-state index contributed by atoms with van der Waals surface area (Å²) >= 11 is 0. The molecule has 3 rings (SSSR count). The van der Waals surface area contributed by atoms with Crippen molar-refractivity contribution in [3.05, 3.63) is 65.2 Å². The highest BCUT2D eigenvalue weighted by Gasteiger charge is 2.15. The first-order valence-electron chi connectivity index (χ1n) is 12.3. The molecule has 1 aliphatic rings. The summed E-state index contributed by atoms with van der Waals surface area (Å²) in [6, 6.07) is 16.7. The Morgan fingerprint density at radius 1 is 1.06 bits per heavy atom. The lowest BCUT2D eigenvalue weighted by Crippen LogP contribution is -2.38. The van der Waals surface area contributed by atoms with Crippen LogP contribution in [0.3, 0.4) is 0 Å². The molecule has 6 nitrogen and oxygen atoms in total. The number of aliphatic imine (C=N–C) groups is 1. The molecular formula is C27H39N5O. The first-order chi connectivity index (χ1) is 16.0. The maximum absolute atomic E-state index is 12.5. The van der Waals surface area contributed by atoms with Gasteiger partial charge in [0.05, 0.1) is 12.6 Å². The highest BCUT2D eigenvalue weighted by Crippen LogP contribution is 2.24. The normalized spacial score (nSPS) is 14.8. The zero-order valence-corrected chi connectivity index (χ0v) is 20.6. The SMILES string of the molecule is CCNC(=NCc1ccc(C(=O)N(CC)CC)cc1)NC(C)c1cccc(N2CCCC2)c1. The molecule has 6 heteroatoms. The number of anilines is 1. The van der Waals surface area contributed by atoms with Crippen LogP contribution in [0.2, 0.25) is 0 Å². The number of nitrogens with one attached hydrogen (secondary N) is 2. The summed E-state index contributed by atoms with van der Waals surface area (Å²) in [7, 11) is 0. The summed E-state index contributed by atoms with van der Waals surface area (Å²) in [5.41, 5.74) is 4.36. The Morgan fingerprint density at radius 3 is 2.39 bits per heavy atom. The number of carbonyl (C=O) groups is 1. The van der Waals surface area contributed by atoms with Crippen LogP contribution < -0.4 is 15.5 Å². The van der Waals surface area contributed by atoms with Gasteiger partial charge in [-0.1, -0.05) is 24.3 Å². The van der Waals surface area contributed by atoms with Gasteiger partial charge in [0.1, 0.15) is 0 Å². The maximum atomic E-state index is 12.5. The third kappa shape index (κ3) is 6.73. The van der Waals surface area contributed by atoms with Crippen LogP contribution in [0, 0.1) is 0 Å². The Labute approximate surface area is 199 Å². The summed E-state index contributed by atoms with van der Waals surface area (Å²) < 4.78 is 0. The second-order valence-corrected chi connectivity index (χ2v) is 8.52. The van der Waals surface area contributed by atoms with E-state index < -0.39 is 0 Å². The first kappa shape index (κ1) is 24.6. The fourth-order valence-corrected chi connectivity index (χ4v) is 4.19. The van der Waals surface area contributed by atoms with Crippen LogP contribution in [0.25, 0.3) is 0 Å². The summed E-state index contributed by atoms with van der Waals surface area (Å²) in [6.07, 6.45) is 2.56. The highest BCUT2D eigenvalue weighted by atomic mass is 16.2. The molecule has 1 amide bonds. The molecule has 0 bridgehead atoms. The van der Waals surface area contributed by atoms with Crippen molar-refractivity contribution in [1.82, 2.24) is 15.5 Å². The summed E-state index contributed by atoms with van der Waals surface area (Å²) in [6.45, 7) is 13.3. The number of guanidine groups is 1. The molecule has 2 N–H and O–H groups in total. The Balaban J connectivity index is 1.64. The number of hydrogen-bond donors (Lipinski definition) is 2. The quantitative estimate of drug-likeness (QED) is 0.434. The van der Waals surface area contributed by atoms with Crippen LogP contribution >= 0.6 is 0 Å². The topological polar surface area (TPSA) is 60.0 Å². The minimum Gasteiger partial charge on any atom is -0.372 e. The Morgan fingerprint density at radius 2 is 1.76 bits per heavy atom. The van der Waals surface area contributed by atoms with E-state index in [4.69, 9.17) is 4.99 Å². The van der Waals surface area contributed by atoms with Crippen LogP contribution in [0.4, 0.5) is 5.69 Å².